The van der Waals surface area contributed by atoms with Gasteiger partial charge in [0, 0.05) is 57.0 Å². The van der Waals surface area contributed by atoms with Gasteiger partial charge < -0.3 is 24.4 Å². The molecule has 1 N–H and O–H groups in total. The van der Waals surface area contributed by atoms with Gasteiger partial charge in [-0.3, -0.25) is 14.6 Å². The smallest absolute Gasteiger partial charge is 0.256 e. The number of fused-ring (bicyclic) bond motifs is 1. The summed E-state index contributed by atoms with van der Waals surface area (Å²) in [6, 6.07) is 4.44. The molecule has 230 valence electrons. The summed E-state index contributed by atoms with van der Waals surface area (Å²) in [6.45, 7) is 10.6. The van der Waals surface area contributed by atoms with Crippen molar-refractivity contribution in [3.05, 3.63) is 59.3 Å². The van der Waals surface area contributed by atoms with Gasteiger partial charge in [0.1, 0.15) is 11.4 Å². The first-order valence-electron chi connectivity index (χ1n) is 15.8. The van der Waals surface area contributed by atoms with Crippen molar-refractivity contribution < 1.29 is 19.1 Å². The van der Waals surface area contributed by atoms with Crippen LogP contribution in [0.1, 0.15) is 67.4 Å². The predicted octanol–water partition coefficient (Wildman–Crippen LogP) is 4.58. The highest BCUT2D eigenvalue weighted by Gasteiger charge is 2.50. The third-order valence-corrected chi connectivity index (χ3v) is 9.94. The molecule has 1 saturated carbocycles. The van der Waals surface area contributed by atoms with Gasteiger partial charge in [-0.1, -0.05) is 0 Å². The van der Waals surface area contributed by atoms with Gasteiger partial charge in [0.05, 0.1) is 23.0 Å². The van der Waals surface area contributed by atoms with E-state index < -0.39 is 11.4 Å². The third-order valence-electron chi connectivity index (χ3n) is 9.94. The van der Waals surface area contributed by atoms with Gasteiger partial charge in [-0.15, -0.1) is 0 Å². The Bertz CT molecular complexity index is 1520. The second-order valence-corrected chi connectivity index (χ2v) is 13.4. The van der Waals surface area contributed by atoms with Crippen molar-refractivity contribution in [2.45, 2.75) is 70.9 Å². The van der Waals surface area contributed by atoms with Crippen molar-refractivity contribution in [1.29, 1.82) is 0 Å². The lowest BCUT2D eigenvalue weighted by atomic mass is 9.95. The number of piperidine rings is 1. The van der Waals surface area contributed by atoms with Crippen molar-refractivity contribution in [3.63, 3.8) is 0 Å². The van der Waals surface area contributed by atoms with Crippen LogP contribution in [0.3, 0.4) is 0 Å². The molecule has 0 radical (unpaired) electrons. The van der Waals surface area contributed by atoms with Gasteiger partial charge in [0.15, 0.2) is 0 Å². The number of likely N-dealkylation sites (tertiary alicyclic amines) is 2. The van der Waals surface area contributed by atoms with Gasteiger partial charge in [-0.2, -0.15) is 0 Å². The Morgan fingerprint density at radius 1 is 1.12 bits per heavy atom. The molecule has 3 aliphatic rings. The Balaban J connectivity index is 1.17. The van der Waals surface area contributed by atoms with Crippen LogP contribution in [-0.2, 0) is 11.2 Å². The van der Waals surface area contributed by atoms with Crippen molar-refractivity contribution >= 4 is 22.7 Å². The first-order chi connectivity index (χ1) is 20.5. The van der Waals surface area contributed by atoms with Crippen LogP contribution in [-0.4, -0.2) is 92.6 Å². The molecule has 1 atom stereocenters. The Hall–Kier alpha value is -3.30. The van der Waals surface area contributed by atoms with Crippen molar-refractivity contribution in [3.8, 4) is 5.69 Å². The van der Waals surface area contributed by atoms with E-state index in [1.165, 1.54) is 17.7 Å². The van der Waals surface area contributed by atoms with Crippen LogP contribution in [0, 0.1) is 24.6 Å². The number of hydrogen-bond donors (Lipinski definition) is 1. The second-order valence-electron chi connectivity index (χ2n) is 13.4. The number of carbonyl (C=O) groups is 2. The van der Waals surface area contributed by atoms with Crippen molar-refractivity contribution in [1.82, 2.24) is 24.3 Å². The van der Waals surface area contributed by atoms with Gasteiger partial charge >= 0.3 is 0 Å². The summed E-state index contributed by atoms with van der Waals surface area (Å²) >= 11 is 0. The lowest BCUT2D eigenvalue weighted by Crippen LogP contribution is -2.46. The summed E-state index contributed by atoms with van der Waals surface area (Å²) in [5, 5.41) is 11.4. The summed E-state index contributed by atoms with van der Waals surface area (Å²) in [6.07, 6.45) is 11.1. The fourth-order valence-electron chi connectivity index (χ4n) is 6.98. The number of aliphatic hydroxyl groups is 1. The van der Waals surface area contributed by atoms with E-state index in [0.29, 0.717) is 35.9 Å². The number of halogens is 1. The largest absolute Gasteiger partial charge is 0.380 e. The Kier molecular flexibility index (Phi) is 8.07. The Labute approximate surface area is 253 Å². The van der Waals surface area contributed by atoms with Crippen molar-refractivity contribution in [2.24, 2.45) is 11.8 Å². The van der Waals surface area contributed by atoms with Crippen LogP contribution in [0.2, 0.25) is 0 Å². The third kappa shape index (κ3) is 5.94. The number of aromatic nitrogens is 2. The minimum Gasteiger partial charge on any atom is -0.380 e. The van der Waals surface area contributed by atoms with Gasteiger partial charge in [0.25, 0.3) is 11.8 Å². The average molecular weight is 590 g/mol. The van der Waals surface area contributed by atoms with Crippen molar-refractivity contribution in [2.75, 3.05) is 39.8 Å². The number of benzene rings is 1. The van der Waals surface area contributed by atoms with Crippen LogP contribution < -0.4 is 0 Å². The maximum absolute atomic E-state index is 14.4. The molecule has 0 unspecified atom stereocenters. The average Bonchev–Trinajstić information content (AvgIpc) is 3.42. The Morgan fingerprint density at radius 2 is 1.84 bits per heavy atom. The van der Waals surface area contributed by atoms with Crippen LogP contribution >= 0.6 is 0 Å². The monoisotopic (exact) mass is 589 g/mol. The van der Waals surface area contributed by atoms with E-state index in [2.05, 4.69) is 23.0 Å². The summed E-state index contributed by atoms with van der Waals surface area (Å²) in [5.74, 6) is 0.377. The number of nitrogens with zero attached hydrogens (tertiary/aromatic N) is 5. The number of rotatable bonds is 8. The van der Waals surface area contributed by atoms with E-state index >= 15 is 0 Å². The quantitative estimate of drug-likeness (QED) is 0.416. The molecule has 2 saturated heterocycles. The normalized spacial score (nSPS) is 20.7. The van der Waals surface area contributed by atoms with Gasteiger partial charge in [-0.05, 0) is 107 Å². The van der Waals surface area contributed by atoms with E-state index in [1.54, 1.807) is 18.0 Å². The zero-order valence-electron chi connectivity index (χ0n) is 25.9. The zero-order valence-corrected chi connectivity index (χ0v) is 25.9. The molecule has 1 aromatic carbocycles. The number of aryl methyl sites for hydroxylation is 1. The molecular weight excluding hydrogens is 545 g/mol. The molecule has 1 aliphatic carbocycles. The minimum atomic E-state index is -1.06. The molecule has 43 heavy (non-hydrogen) atoms. The number of amides is 2. The van der Waals surface area contributed by atoms with E-state index in [9.17, 15) is 19.1 Å². The fourth-order valence-corrected chi connectivity index (χ4v) is 6.98. The molecule has 2 aromatic heterocycles. The molecule has 2 aliphatic heterocycles. The molecule has 8 nitrogen and oxygen atoms in total. The maximum Gasteiger partial charge on any atom is 0.256 e. The van der Waals surface area contributed by atoms with E-state index in [4.69, 9.17) is 0 Å². The molecule has 9 heteroatoms. The zero-order chi connectivity index (χ0) is 30.5. The van der Waals surface area contributed by atoms with Crippen LogP contribution in [0.25, 0.3) is 16.6 Å². The molecule has 0 spiro atoms. The first kappa shape index (κ1) is 29.8. The SMILES string of the molecule is Cc1cncc2c1c(C[C@H]1CCN(CC3CCN(C(=O)C4(O)CC4)CC3)C1)cn2-c1ccc(F)cc1C(=O)N(C)C(C)C. The highest BCUT2D eigenvalue weighted by molar-refractivity contribution is 5.99. The number of carbonyl (C=O) groups excluding carboxylic acids is 2. The highest BCUT2D eigenvalue weighted by atomic mass is 19.1. The molecule has 6 rings (SSSR count). The molecular formula is C34H44FN5O3. The van der Waals surface area contributed by atoms with E-state index in [1.807, 2.05) is 35.7 Å². The molecule has 3 fully saturated rings. The molecule has 0 bridgehead atoms. The topological polar surface area (TPSA) is 81.9 Å². The van der Waals surface area contributed by atoms with Crippen LogP contribution in [0.4, 0.5) is 4.39 Å². The fraction of sp³-hybridized carbons (Fsp3) is 0.559. The molecule has 2 amide bonds. The lowest BCUT2D eigenvalue weighted by Gasteiger charge is -2.35. The summed E-state index contributed by atoms with van der Waals surface area (Å²) in [4.78, 5) is 36.5. The summed E-state index contributed by atoms with van der Waals surface area (Å²) in [5.41, 5.74) is 3.18. The Morgan fingerprint density at radius 3 is 2.53 bits per heavy atom. The van der Waals surface area contributed by atoms with Gasteiger partial charge in [0.2, 0.25) is 0 Å². The second kappa shape index (κ2) is 11.7. The number of pyridine rings is 1. The molecule has 3 aromatic rings. The van der Waals surface area contributed by atoms with E-state index in [0.717, 1.165) is 74.9 Å². The number of hydrogen-bond acceptors (Lipinski definition) is 5. The maximum atomic E-state index is 14.4. The molecule has 4 heterocycles. The van der Waals surface area contributed by atoms with Crippen LogP contribution in [0.5, 0.6) is 0 Å². The standard InChI is InChI=1S/C34H44FN5O3/c1-22(2)37(4)32(41)28-16-27(35)5-6-29(28)40-21-26(31-23(3)17-36-18-30(31)40)15-25-7-12-38(20-25)19-24-8-13-39(14-9-24)33(42)34(43)10-11-34/h5-6,16-18,21-22,24-25,43H,7-15,19-20H2,1-4H3/t25-/m1/s1. The lowest BCUT2D eigenvalue weighted by molar-refractivity contribution is -0.144. The highest BCUT2D eigenvalue weighted by Crippen LogP contribution is 2.38. The van der Waals surface area contributed by atoms with Crippen LogP contribution in [0.15, 0.2) is 36.8 Å². The summed E-state index contributed by atoms with van der Waals surface area (Å²) < 4.78 is 16.4. The summed E-state index contributed by atoms with van der Waals surface area (Å²) in [7, 11) is 1.75. The van der Waals surface area contributed by atoms with E-state index in [-0.39, 0.29) is 17.9 Å². The predicted molar refractivity (Wildman–Crippen MR) is 165 cm³/mol. The minimum absolute atomic E-state index is 0.0137. The van der Waals surface area contributed by atoms with Gasteiger partial charge in [-0.25, -0.2) is 4.39 Å². The first-order valence-corrected chi connectivity index (χ1v) is 15.8.